The number of anilines is 1. The van der Waals surface area contributed by atoms with Crippen molar-refractivity contribution in [1.29, 1.82) is 0 Å². The van der Waals surface area contributed by atoms with Crippen molar-refractivity contribution in [2.75, 3.05) is 12.4 Å². The molecule has 1 amide bonds. The van der Waals surface area contributed by atoms with Crippen LogP contribution in [-0.4, -0.2) is 23.9 Å². The summed E-state index contributed by atoms with van der Waals surface area (Å²) in [5, 5.41) is 15.6. The molecule has 1 aromatic heterocycles. The highest BCUT2D eigenvalue weighted by Crippen LogP contribution is 2.36. The van der Waals surface area contributed by atoms with Crippen LogP contribution < -0.4 is 5.32 Å². The van der Waals surface area contributed by atoms with E-state index in [1.54, 1.807) is 17.5 Å². The second-order valence-corrected chi connectivity index (χ2v) is 6.76. The number of non-ortho nitro benzene ring substituents is 1. The average Bonchev–Trinajstić information content (AvgIpc) is 3.16. The molecule has 0 spiro atoms. The zero-order valence-electron chi connectivity index (χ0n) is 15.3. The molecule has 0 fully saturated rings. The Bertz CT molecular complexity index is 1070. The van der Waals surface area contributed by atoms with E-state index in [2.05, 4.69) is 5.32 Å². The second-order valence-electron chi connectivity index (χ2n) is 5.88. The Labute approximate surface area is 170 Å². The van der Waals surface area contributed by atoms with E-state index >= 15 is 0 Å². The molecule has 0 atom stereocenters. The molecule has 1 heterocycles. The standard InChI is InChI=1S/C21H16N2O5S/c1-28-21(25)19-17(15-5-3-2-4-6-15)13-29-20(19)22-18(24)12-9-14-7-10-16(11-8-14)23(26)27/h2-13H,1H3,(H,22,24). The molecule has 0 aliphatic carbocycles. The van der Waals surface area contributed by atoms with E-state index in [9.17, 15) is 19.7 Å². The van der Waals surface area contributed by atoms with Crippen LogP contribution in [0.3, 0.4) is 0 Å². The van der Waals surface area contributed by atoms with Gasteiger partial charge in [-0.2, -0.15) is 0 Å². The second kappa shape index (κ2) is 8.94. The van der Waals surface area contributed by atoms with Crippen LogP contribution in [0.5, 0.6) is 0 Å². The molecule has 1 N–H and O–H groups in total. The highest BCUT2D eigenvalue weighted by atomic mass is 32.1. The van der Waals surface area contributed by atoms with Gasteiger partial charge in [0.15, 0.2) is 0 Å². The van der Waals surface area contributed by atoms with Gasteiger partial charge in [0.25, 0.3) is 5.69 Å². The van der Waals surface area contributed by atoms with Gasteiger partial charge in [-0.25, -0.2) is 4.79 Å². The number of nitro benzene ring substituents is 1. The van der Waals surface area contributed by atoms with Gasteiger partial charge in [0.2, 0.25) is 5.91 Å². The fourth-order valence-corrected chi connectivity index (χ4v) is 3.58. The highest BCUT2D eigenvalue weighted by molar-refractivity contribution is 7.15. The van der Waals surface area contributed by atoms with Crippen LogP contribution in [0, 0.1) is 10.1 Å². The van der Waals surface area contributed by atoms with Crippen molar-refractivity contribution in [1.82, 2.24) is 0 Å². The van der Waals surface area contributed by atoms with E-state index in [1.165, 1.54) is 42.7 Å². The van der Waals surface area contributed by atoms with E-state index in [-0.39, 0.29) is 5.69 Å². The van der Waals surface area contributed by atoms with Crippen LogP contribution in [-0.2, 0) is 9.53 Å². The molecule has 3 aromatic rings. The summed E-state index contributed by atoms with van der Waals surface area (Å²) in [6.07, 6.45) is 2.83. The van der Waals surface area contributed by atoms with Gasteiger partial charge in [-0.3, -0.25) is 14.9 Å². The number of nitrogens with one attached hydrogen (secondary N) is 1. The third-order valence-electron chi connectivity index (χ3n) is 4.03. The Morgan fingerprint density at radius 3 is 2.41 bits per heavy atom. The maximum atomic E-state index is 12.3. The molecular formula is C21H16N2O5S. The molecule has 8 heteroatoms. The lowest BCUT2D eigenvalue weighted by Gasteiger charge is -2.06. The van der Waals surface area contributed by atoms with Crippen molar-refractivity contribution in [3.63, 3.8) is 0 Å². The molecule has 29 heavy (non-hydrogen) atoms. The molecular weight excluding hydrogens is 392 g/mol. The van der Waals surface area contributed by atoms with Crippen LogP contribution >= 0.6 is 11.3 Å². The first-order valence-corrected chi connectivity index (χ1v) is 9.36. The molecule has 0 bridgehead atoms. The summed E-state index contributed by atoms with van der Waals surface area (Å²) >= 11 is 1.23. The number of benzene rings is 2. The number of hydrogen-bond donors (Lipinski definition) is 1. The highest BCUT2D eigenvalue weighted by Gasteiger charge is 2.21. The summed E-state index contributed by atoms with van der Waals surface area (Å²) < 4.78 is 4.88. The van der Waals surface area contributed by atoms with E-state index < -0.39 is 16.8 Å². The Morgan fingerprint density at radius 1 is 1.10 bits per heavy atom. The van der Waals surface area contributed by atoms with E-state index in [4.69, 9.17) is 4.74 Å². The first-order valence-electron chi connectivity index (χ1n) is 8.48. The topological polar surface area (TPSA) is 98.5 Å². The number of carbonyl (C=O) groups is 2. The van der Waals surface area contributed by atoms with Crippen LogP contribution in [0.1, 0.15) is 15.9 Å². The van der Waals surface area contributed by atoms with Gasteiger partial charge in [-0.05, 0) is 29.3 Å². The lowest BCUT2D eigenvalue weighted by molar-refractivity contribution is -0.384. The molecule has 0 unspecified atom stereocenters. The van der Waals surface area contributed by atoms with E-state index in [0.29, 0.717) is 21.7 Å². The third kappa shape index (κ3) is 4.74. The number of rotatable bonds is 6. The van der Waals surface area contributed by atoms with Crippen LogP contribution in [0.15, 0.2) is 66.1 Å². The predicted octanol–water partition coefficient (Wildman–Crippen LogP) is 4.76. The number of amides is 1. The van der Waals surface area contributed by atoms with Crippen LogP contribution in [0.4, 0.5) is 10.7 Å². The number of nitrogens with zero attached hydrogens (tertiary/aromatic N) is 1. The number of nitro groups is 1. The number of carbonyl (C=O) groups excluding carboxylic acids is 2. The Morgan fingerprint density at radius 2 is 1.79 bits per heavy atom. The summed E-state index contributed by atoms with van der Waals surface area (Å²) in [6, 6.07) is 15.1. The molecule has 0 saturated heterocycles. The SMILES string of the molecule is COC(=O)c1c(-c2ccccc2)csc1NC(=O)C=Cc1ccc([N+](=O)[O-])cc1. The van der Waals surface area contributed by atoms with Gasteiger partial charge in [0.1, 0.15) is 10.6 Å². The van der Waals surface area contributed by atoms with Crippen LogP contribution in [0.25, 0.3) is 17.2 Å². The number of hydrogen-bond acceptors (Lipinski definition) is 6. The van der Waals surface area contributed by atoms with Gasteiger partial charge in [-0.1, -0.05) is 30.3 Å². The predicted molar refractivity (Wildman–Crippen MR) is 112 cm³/mol. The maximum absolute atomic E-state index is 12.3. The van der Waals surface area contributed by atoms with Crippen molar-refractivity contribution >= 4 is 40.0 Å². The molecule has 7 nitrogen and oxygen atoms in total. The van der Waals surface area contributed by atoms with Crippen molar-refractivity contribution in [2.45, 2.75) is 0 Å². The zero-order valence-corrected chi connectivity index (χ0v) is 16.1. The zero-order chi connectivity index (χ0) is 20.8. The monoisotopic (exact) mass is 408 g/mol. The van der Waals surface area contributed by atoms with Crippen molar-refractivity contribution in [3.8, 4) is 11.1 Å². The van der Waals surface area contributed by atoms with Gasteiger partial charge >= 0.3 is 5.97 Å². The lowest BCUT2D eigenvalue weighted by atomic mass is 10.0. The van der Waals surface area contributed by atoms with Gasteiger partial charge in [-0.15, -0.1) is 11.3 Å². The molecule has 2 aromatic carbocycles. The molecule has 3 rings (SSSR count). The number of esters is 1. The Balaban J connectivity index is 1.80. The molecule has 0 aliphatic rings. The summed E-state index contributed by atoms with van der Waals surface area (Å²) in [6.45, 7) is 0. The van der Waals surface area contributed by atoms with Crippen LogP contribution in [0.2, 0.25) is 0 Å². The molecule has 0 saturated carbocycles. The summed E-state index contributed by atoms with van der Waals surface area (Å²) in [7, 11) is 1.29. The minimum absolute atomic E-state index is 0.0265. The van der Waals surface area contributed by atoms with Gasteiger partial charge in [0, 0.05) is 29.2 Å². The van der Waals surface area contributed by atoms with Crippen molar-refractivity contribution in [2.24, 2.45) is 0 Å². The van der Waals surface area contributed by atoms with E-state index in [1.807, 2.05) is 30.3 Å². The maximum Gasteiger partial charge on any atom is 0.341 e. The minimum atomic E-state index is -0.542. The normalized spacial score (nSPS) is 10.7. The molecule has 146 valence electrons. The quantitative estimate of drug-likeness (QED) is 0.274. The number of methoxy groups -OCH3 is 1. The molecule has 0 radical (unpaired) electrons. The first-order chi connectivity index (χ1) is 14.0. The van der Waals surface area contributed by atoms with Crippen molar-refractivity contribution < 1.29 is 19.2 Å². The lowest BCUT2D eigenvalue weighted by Crippen LogP contribution is -2.11. The van der Waals surface area contributed by atoms with Gasteiger partial charge in [0.05, 0.1) is 12.0 Å². The largest absolute Gasteiger partial charge is 0.465 e. The fraction of sp³-hybridized carbons (Fsp3) is 0.0476. The molecule has 0 aliphatic heterocycles. The number of thiophene rings is 1. The Kier molecular flexibility index (Phi) is 6.16. The third-order valence-corrected chi connectivity index (χ3v) is 4.93. The Hall–Kier alpha value is -3.78. The summed E-state index contributed by atoms with van der Waals surface area (Å²) in [4.78, 5) is 34.8. The van der Waals surface area contributed by atoms with Gasteiger partial charge < -0.3 is 10.1 Å². The van der Waals surface area contributed by atoms with E-state index in [0.717, 1.165) is 5.56 Å². The first kappa shape index (κ1) is 20.0. The summed E-state index contributed by atoms with van der Waals surface area (Å²) in [5.74, 6) is -0.977. The average molecular weight is 408 g/mol. The smallest absolute Gasteiger partial charge is 0.341 e. The minimum Gasteiger partial charge on any atom is -0.465 e. The summed E-state index contributed by atoms with van der Waals surface area (Å²) in [5.41, 5.74) is 2.42. The number of ether oxygens (including phenoxy) is 1. The fourth-order valence-electron chi connectivity index (χ4n) is 2.62. The van der Waals surface area contributed by atoms with Crippen molar-refractivity contribution in [3.05, 3.63) is 87.3 Å².